The second-order valence-corrected chi connectivity index (χ2v) is 4.47. The Hall–Kier alpha value is -2.20. The van der Waals surface area contributed by atoms with Gasteiger partial charge in [0.15, 0.2) is 16.6 Å². The average Bonchev–Trinajstić information content (AvgIpc) is 2.83. The van der Waals surface area contributed by atoms with Gasteiger partial charge in [0.1, 0.15) is 5.52 Å². The number of fused-ring (bicyclic) bond motifs is 1. The summed E-state index contributed by atoms with van der Waals surface area (Å²) in [6, 6.07) is 10.1. The minimum Gasteiger partial charge on any atom is -0.311 e. The van der Waals surface area contributed by atoms with Gasteiger partial charge in [-0.15, -0.1) is 0 Å². The lowest BCUT2D eigenvalue weighted by Crippen LogP contribution is -2.00. The van der Waals surface area contributed by atoms with Crippen LogP contribution in [0, 0.1) is 0 Å². The summed E-state index contributed by atoms with van der Waals surface area (Å²) in [4.78, 5) is 12.8. The maximum absolute atomic E-state index is 6.08. The highest BCUT2D eigenvalue weighted by Crippen LogP contribution is 2.20. The predicted octanol–water partition coefficient (Wildman–Crippen LogP) is 3.17. The molecule has 2 heterocycles. The molecule has 0 bridgehead atoms. The van der Waals surface area contributed by atoms with Gasteiger partial charge in [-0.3, -0.25) is 0 Å². The van der Waals surface area contributed by atoms with Crippen LogP contribution in [-0.2, 0) is 6.54 Å². The van der Waals surface area contributed by atoms with Crippen LogP contribution in [0.1, 0.15) is 11.4 Å². The van der Waals surface area contributed by atoms with E-state index in [1.807, 2.05) is 22.8 Å². The van der Waals surface area contributed by atoms with Gasteiger partial charge in [-0.05, 0) is 11.6 Å². The highest BCUT2D eigenvalue weighted by atomic mass is 35.5. The van der Waals surface area contributed by atoms with Crippen molar-refractivity contribution < 1.29 is 0 Å². The number of nitrogens with zero attached hydrogens (tertiary/aromatic N) is 4. The van der Waals surface area contributed by atoms with Crippen molar-refractivity contribution in [3.63, 3.8) is 0 Å². The molecule has 0 saturated carbocycles. The molecule has 0 radical (unpaired) electrons. The van der Waals surface area contributed by atoms with Gasteiger partial charge in [-0.25, -0.2) is 15.0 Å². The highest BCUT2D eigenvalue weighted by molar-refractivity contribution is 6.33. The summed E-state index contributed by atoms with van der Waals surface area (Å²) >= 11 is 6.08. The number of rotatable bonds is 3. The van der Waals surface area contributed by atoms with Gasteiger partial charge in [0.05, 0.1) is 12.9 Å². The molecule has 0 unspecified atom stereocenters. The van der Waals surface area contributed by atoms with Crippen molar-refractivity contribution in [1.29, 1.82) is 0 Å². The van der Waals surface area contributed by atoms with E-state index >= 15 is 0 Å². The standard InChI is InChI=1S/C14H11ClN4/c1-2-11-17-13(15)12-14(18-11)19(9-16-12)8-10-6-4-3-5-7-10/h2-7,9H,1,8H2. The van der Waals surface area contributed by atoms with Crippen LogP contribution in [0.3, 0.4) is 0 Å². The fourth-order valence-corrected chi connectivity index (χ4v) is 2.13. The van der Waals surface area contributed by atoms with Crippen LogP contribution in [-0.4, -0.2) is 19.5 Å². The quantitative estimate of drug-likeness (QED) is 0.687. The van der Waals surface area contributed by atoms with Crippen LogP contribution < -0.4 is 0 Å². The van der Waals surface area contributed by atoms with Crippen LogP contribution in [0.15, 0.2) is 43.2 Å². The molecule has 3 rings (SSSR count). The van der Waals surface area contributed by atoms with E-state index in [9.17, 15) is 0 Å². The van der Waals surface area contributed by atoms with Crippen molar-refractivity contribution in [2.75, 3.05) is 0 Å². The molecule has 3 aromatic rings. The Morgan fingerprint density at radius 3 is 2.74 bits per heavy atom. The minimum atomic E-state index is 0.353. The van der Waals surface area contributed by atoms with Crippen molar-refractivity contribution in [3.05, 3.63) is 59.8 Å². The molecule has 0 atom stereocenters. The van der Waals surface area contributed by atoms with E-state index in [1.165, 1.54) is 5.56 Å². The topological polar surface area (TPSA) is 43.6 Å². The molecule has 0 fully saturated rings. The van der Waals surface area contributed by atoms with Gasteiger partial charge >= 0.3 is 0 Å². The summed E-state index contributed by atoms with van der Waals surface area (Å²) in [5.41, 5.74) is 2.51. The molecule has 0 spiro atoms. The normalized spacial score (nSPS) is 10.8. The predicted molar refractivity (Wildman–Crippen MR) is 76.0 cm³/mol. The first kappa shape index (κ1) is 11.9. The second-order valence-electron chi connectivity index (χ2n) is 4.11. The van der Waals surface area contributed by atoms with Gasteiger partial charge in [-0.1, -0.05) is 48.5 Å². The second kappa shape index (κ2) is 4.82. The zero-order valence-corrected chi connectivity index (χ0v) is 10.9. The third-order valence-corrected chi connectivity index (χ3v) is 3.08. The Bertz CT molecular complexity index is 734. The van der Waals surface area contributed by atoms with Crippen molar-refractivity contribution in [2.24, 2.45) is 0 Å². The van der Waals surface area contributed by atoms with Gasteiger partial charge < -0.3 is 4.57 Å². The van der Waals surface area contributed by atoms with Crippen LogP contribution in [0.25, 0.3) is 17.2 Å². The molecule has 0 saturated heterocycles. The zero-order chi connectivity index (χ0) is 13.2. The molecule has 2 aromatic heterocycles. The largest absolute Gasteiger partial charge is 0.311 e. The fourth-order valence-electron chi connectivity index (χ4n) is 1.91. The molecule has 4 nitrogen and oxygen atoms in total. The fraction of sp³-hybridized carbons (Fsp3) is 0.0714. The summed E-state index contributed by atoms with van der Waals surface area (Å²) < 4.78 is 1.95. The smallest absolute Gasteiger partial charge is 0.165 e. The molecule has 19 heavy (non-hydrogen) atoms. The third kappa shape index (κ3) is 2.22. The van der Waals surface area contributed by atoms with E-state index in [2.05, 4.69) is 33.7 Å². The first-order chi connectivity index (χ1) is 9.28. The average molecular weight is 271 g/mol. The maximum Gasteiger partial charge on any atom is 0.165 e. The lowest BCUT2D eigenvalue weighted by molar-refractivity contribution is 0.812. The van der Waals surface area contributed by atoms with Crippen LogP contribution >= 0.6 is 11.6 Å². The van der Waals surface area contributed by atoms with Gasteiger partial charge in [0, 0.05) is 0 Å². The Labute approximate surface area is 115 Å². The van der Waals surface area contributed by atoms with Crippen molar-refractivity contribution in [2.45, 2.75) is 6.54 Å². The van der Waals surface area contributed by atoms with Crippen LogP contribution in [0.4, 0.5) is 0 Å². The molecule has 0 aliphatic heterocycles. The minimum absolute atomic E-state index is 0.353. The van der Waals surface area contributed by atoms with Crippen LogP contribution in [0.5, 0.6) is 0 Å². The molecule has 0 amide bonds. The van der Waals surface area contributed by atoms with Crippen molar-refractivity contribution >= 4 is 28.8 Å². The number of benzene rings is 1. The Morgan fingerprint density at radius 2 is 2.00 bits per heavy atom. The maximum atomic E-state index is 6.08. The molecule has 0 aliphatic carbocycles. The summed E-state index contributed by atoms with van der Waals surface area (Å²) in [5.74, 6) is 0.507. The molecule has 1 aromatic carbocycles. The van der Waals surface area contributed by atoms with E-state index in [0.717, 1.165) is 5.65 Å². The van der Waals surface area contributed by atoms with Crippen LogP contribution in [0.2, 0.25) is 5.15 Å². The van der Waals surface area contributed by atoms with E-state index in [0.29, 0.717) is 23.0 Å². The van der Waals surface area contributed by atoms with Gasteiger partial charge in [0.25, 0.3) is 0 Å². The Morgan fingerprint density at radius 1 is 1.21 bits per heavy atom. The summed E-state index contributed by atoms with van der Waals surface area (Å²) in [5, 5.41) is 0.353. The number of hydrogen-bond donors (Lipinski definition) is 0. The number of imidazole rings is 1. The molecule has 0 N–H and O–H groups in total. The Balaban J connectivity index is 2.09. The first-order valence-corrected chi connectivity index (χ1v) is 6.20. The summed E-state index contributed by atoms with van der Waals surface area (Å²) in [6.07, 6.45) is 3.30. The van der Waals surface area contributed by atoms with Gasteiger partial charge in [0.2, 0.25) is 0 Å². The molecule has 5 heteroatoms. The summed E-state index contributed by atoms with van der Waals surface area (Å²) in [6.45, 7) is 4.36. The SMILES string of the molecule is C=Cc1nc(Cl)c2ncn(Cc3ccccc3)c2n1. The van der Waals surface area contributed by atoms with E-state index in [4.69, 9.17) is 11.6 Å². The van der Waals surface area contributed by atoms with Crippen molar-refractivity contribution in [1.82, 2.24) is 19.5 Å². The third-order valence-electron chi connectivity index (χ3n) is 2.82. The van der Waals surface area contributed by atoms with Crippen molar-refractivity contribution in [3.8, 4) is 0 Å². The number of halogens is 1. The number of hydrogen-bond acceptors (Lipinski definition) is 3. The zero-order valence-electron chi connectivity index (χ0n) is 10.1. The lowest BCUT2D eigenvalue weighted by atomic mass is 10.2. The molecular weight excluding hydrogens is 260 g/mol. The highest BCUT2D eigenvalue weighted by Gasteiger charge is 2.10. The monoisotopic (exact) mass is 270 g/mol. The van der Waals surface area contributed by atoms with Gasteiger partial charge in [-0.2, -0.15) is 0 Å². The number of aromatic nitrogens is 4. The molecule has 0 aliphatic rings. The lowest BCUT2D eigenvalue weighted by Gasteiger charge is -2.04. The molecule has 94 valence electrons. The van der Waals surface area contributed by atoms with E-state index in [-0.39, 0.29) is 0 Å². The molecular formula is C14H11ClN4. The van der Waals surface area contributed by atoms with E-state index in [1.54, 1.807) is 12.4 Å². The first-order valence-electron chi connectivity index (χ1n) is 5.82. The van der Waals surface area contributed by atoms with E-state index < -0.39 is 0 Å². The summed E-state index contributed by atoms with van der Waals surface area (Å²) in [7, 11) is 0. The Kier molecular flexibility index (Phi) is 3.01.